The molecule has 0 aliphatic carbocycles. The number of carbonyl (C=O) groups excluding carboxylic acids is 1. The minimum Gasteiger partial charge on any atom is -0.396 e. The summed E-state index contributed by atoms with van der Waals surface area (Å²) in [6.45, 7) is 2.43. The third kappa shape index (κ3) is 10.4. The van der Waals surface area contributed by atoms with Gasteiger partial charge in [-0.05, 0) is 6.42 Å². The summed E-state index contributed by atoms with van der Waals surface area (Å²) >= 11 is 0. The quantitative estimate of drug-likeness (QED) is 0.298. The first-order valence-electron chi connectivity index (χ1n) is 6.14. The molecule has 0 aromatic carbocycles. The molecule has 0 radical (unpaired) electrons. The molecule has 0 bridgehead atoms. The van der Waals surface area contributed by atoms with Crippen LogP contribution in [0.1, 0.15) is 6.42 Å². The lowest BCUT2D eigenvalue weighted by atomic mass is 10.4. The zero-order chi connectivity index (χ0) is 13.6. The van der Waals surface area contributed by atoms with Crippen molar-refractivity contribution < 1.29 is 24.9 Å². The second kappa shape index (κ2) is 12.7. The average Bonchev–Trinajstić information content (AvgIpc) is 2.35. The van der Waals surface area contributed by atoms with E-state index in [1.807, 2.05) is 4.90 Å². The van der Waals surface area contributed by atoms with Gasteiger partial charge in [-0.25, -0.2) is 0 Å². The van der Waals surface area contributed by atoms with Gasteiger partial charge < -0.3 is 25.4 Å². The molecule has 18 heavy (non-hydrogen) atoms. The van der Waals surface area contributed by atoms with E-state index in [1.165, 1.54) is 0 Å². The van der Waals surface area contributed by atoms with E-state index in [0.717, 1.165) is 0 Å². The molecule has 0 aromatic heterocycles. The zero-order valence-corrected chi connectivity index (χ0v) is 10.7. The Labute approximate surface area is 107 Å². The van der Waals surface area contributed by atoms with E-state index < -0.39 is 0 Å². The third-order valence-corrected chi connectivity index (χ3v) is 2.26. The maximum Gasteiger partial charge on any atom is 0.246 e. The van der Waals surface area contributed by atoms with Crippen LogP contribution in [-0.4, -0.2) is 85.3 Å². The number of amides is 1. The van der Waals surface area contributed by atoms with Gasteiger partial charge in [0.05, 0.1) is 13.2 Å². The summed E-state index contributed by atoms with van der Waals surface area (Å²) in [6.07, 6.45) is 0.522. The van der Waals surface area contributed by atoms with E-state index in [2.05, 4.69) is 5.32 Å². The fourth-order valence-electron chi connectivity index (χ4n) is 1.35. The molecule has 0 saturated carbocycles. The molecule has 1 amide bonds. The van der Waals surface area contributed by atoms with Crippen molar-refractivity contribution in [3.8, 4) is 0 Å². The minimum atomic E-state index is -0.208. The van der Waals surface area contributed by atoms with Crippen LogP contribution in [0.3, 0.4) is 0 Å². The highest BCUT2D eigenvalue weighted by Gasteiger charge is 2.05. The Hall–Kier alpha value is -0.730. The fraction of sp³-hybridized carbons (Fsp3) is 0.909. The van der Waals surface area contributed by atoms with Crippen LogP contribution < -0.4 is 5.32 Å². The maximum absolute atomic E-state index is 11.3. The lowest BCUT2D eigenvalue weighted by molar-refractivity contribution is -0.125. The minimum absolute atomic E-state index is 0.0139. The number of hydrogen-bond donors (Lipinski definition) is 4. The van der Waals surface area contributed by atoms with Crippen LogP contribution in [0.2, 0.25) is 0 Å². The van der Waals surface area contributed by atoms with Gasteiger partial charge in [-0.1, -0.05) is 0 Å². The van der Waals surface area contributed by atoms with E-state index in [1.54, 1.807) is 0 Å². The highest BCUT2D eigenvalue weighted by atomic mass is 16.5. The Morgan fingerprint density at radius 3 is 2.28 bits per heavy atom. The number of nitrogens with one attached hydrogen (secondary N) is 1. The Morgan fingerprint density at radius 1 is 1.06 bits per heavy atom. The van der Waals surface area contributed by atoms with Crippen LogP contribution in [0.4, 0.5) is 0 Å². The van der Waals surface area contributed by atoms with E-state index in [4.69, 9.17) is 20.1 Å². The van der Waals surface area contributed by atoms with Crippen molar-refractivity contribution in [1.82, 2.24) is 10.2 Å². The SMILES string of the molecule is O=C(COCCCO)NCCN(CCO)CCO. The molecule has 0 spiro atoms. The van der Waals surface area contributed by atoms with Crippen molar-refractivity contribution in [2.75, 3.05) is 59.2 Å². The standard InChI is InChI=1S/C11H24N2O5/c14-6-1-9-18-10-11(17)12-2-3-13(4-7-15)5-8-16/h14-16H,1-10H2,(H,12,17). The number of aliphatic hydroxyl groups is 3. The molecular formula is C11H24N2O5. The van der Waals surface area contributed by atoms with Gasteiger partial charge in [-0.3, -0.25) is 9.69 Å². The van der Waals surface area contributed by atoms with Crippen LogP contribution in [0.15, 0.2) is 0 Å². The van der Waals surface area contributed by atoms with Crippen molar-refractivity contribution in [3.05, 3.63) is 0 Å². The summed E-state index contributed by atoms with van der Waals surface area (Å²) in [4.78, 5) is 13.1. The van der Waals surface area contributed by atoms with Crippen molar-refractivity contribution >= 4 is 5.91 Å². The largest absolute Gasteiger partial charge is 0.396 e. The Bertz CT molecular complexity index is 198. The van der Waals surface area contributed by atoms with E-state index in [0.29, 0.717) is 39.2 Å². The summed E-state index contributed by atoms with van der Waals surface area (Å²) < 4.78 is 5.02. The van der Waals surface area contributed by atoms with Crippen molar-refractivity contribution in [2.45, 2.75) is 6.42 Å². The molecule has 108 valence electrons. The van der Waals surface area contributed by atoms with E-state index in [-0.39, 0.29) is 32.3 Å². The first kappa shape index (κ1) is 17.3. The summed E-state index contributed by atoms with van der Waals surface area (Å²) in [6, 6.07) is 0. The molecule has 0 heterocycles. The van der Waals surface area contributed by atoms with Crippen molar-refractivity contribution in [3.63, 3.8) is 0 Å². The van der Waals surface area contributed by atoms with Crippen LogP contribution in [-0.2, 0) is 9.53 Å². The maximum atomic E-state index is 11.3. The van der Waals surface area contributed by atoms with Gasteiger partial charge in [0.25, 0.3) is 0 Å². The zero-order valence-electron chi connectivity index (χ0n) is 10.7. The molecule has 7 nitrogen and oxygen atoms in total. The number of rotatable bonds is 12. The molecule has 0 aliphatic heterocycles. The molecule has 0 fully saturated rings. The van der Waals surface area contributed by atoms with Gasteiger partial charge in [0.1, 0.15) is 6.61 Å². The van der Waals surface area contributed by atoms with Gasteiger partial charge in [0.2, 0.25) is 5.91 Å². The summed E-state index contributed by atoms with van der Waals surface area (Å²) in [5.41, 5.74) is 0. The molecular weight excluding hydrogens is 240 g/mol. The fourth-order valence-corrected chi connectivity index (χ4v) is 1.35. The summed E-state index contributed by atoms with van der Waals surface area (Å²) in [7, 11) is 0. The lowest BCUT2D eigenvalue weighted by Gasteiger charge is -2.20. The normalized spacial score (nSPS) is 10.9. The Kier molecular flexibility index (Phi) is 12.2. The molecule has 0 saturated heterocycles. The molecule has 0 unspecified atom stereocenters. The van der Waals surface area contributed by atoms with Crippen LogP contribution in [0.5, 0.6) is 0 Å². The van der Waals surface area contributed by atoms with Gasteiger partial charge in [-0.15, -0.1) is 0 Å². The first-order valence-corrected chi connectivity index (χ1v) is 6.14. The number of ether oxygens (including phenoxy) is 1. The molecule has 0 aromatic rings. The van der Waals surface area contributed by atoms with Crippen molar-refractivity contribution in [2.24, 2.45) is 0 Å². The molecule has 0 aliphatic rings. The monoisotopic (exact) mass is 264 g/mol. The predicted molar refractivity (Wildman–Crippen MR) is 66.1 cm³/mol. The first-order chi connectivity index (χ1) is 8.74. The van der Waals surface area contributed by atoms with E-state index >= 15 is 0 Å². The van der Waals surface area contributed by atoms with Crippen LogP contribution >= 0.6 is 0 Å². The summed E-state index contributed by atoms with van der Waals surface area (Å²) in [5, 5.41) is 28.8. The number of aliphatic hydroxyl groups excluding tert-OH is 3. The Morgan fingerprint density at radius 2 is 1.72 bits per heavy atom. The third-order valence-electron chi connectivity index (χ3n) is 2.26. The smallest absolute Gasteiger partial charge is 0.246 e. The van der Waals surface area contributed by atoms with Gasteiger partial charge in [0, 0.05) is 39.4 Å². The molecule has 0 rings (SSSR count). The van der Waals surface area contributed by atoms with Crippen molar-refractivity contribution in [1.29, 1.82) is 0 Å². The second-order valence-corrected chi connectivity index (χ2v) is 3.77. The predicted octanol–water partition coefficient (Wildman–Crippen LogP) is -2.21. The van der Waals surface area contributed by atoms with Gasteiger partial charge in [-0.2, -0.15) is 0 Å². The topological polar surface area (TPSA) is 102 Å². The highest BCUT2D eigenvalue weighted by Crippen LogP contribution is 1.86. The van der Waals surface area contributed by atoms with Crippen LogP contribution in [0, 0.1) is 0 Å². The molecule has 4 N–H and O–H groups in total. The second-order valence-electron chi connectivity index (χ2n) is 3.77. The lowest BCUT2D eigenvalue weighted by Crippen LogP contribution is -2.38. The van der Waals surface area contributed by atoms with E-state index in [9.17, 15) is 4.79 Å². The molecule has 7 heteroatoms. The number of hydrogen-bond acceptors (Lipinski definition) is 6. The Balaban J connectivity index is 3.52. The number of carbonyl (C=O) groups is 1. The van der Waals surface area contributed by atoms with Crippen LogP contribution in [0.25, 0.3) is 0 Å². The number of nitrogens with zero attached hydrogens (tertiary/aromatic N) is 1. The molecule has 0 atom stereocenters. The van der Waals surface area contributed by atoms with Gasteiger partial charge in [0.15, 0.2) is 0 Å². The summed E-state index contributed by atoms with van der Waals surface area (Å²) in [5.74, 6) is -0.208. The average molecular weight is 264 g/mol. The van der Waals surface area contributed by atoms with Gasteiger partial charge >= 0.3 is 0 Å². The highest BCUT2D eigenvalue weighted by molar-refractivity contribution is 5.77.